The summed E-state index contributed by atoms with van der Waals surface area (Å²) in [6, 6.07) is 18.7. The number of piperidine rings is 1. The molecule has 1 amide bonds. The standard InChI is InChI=1S/C26H30N4O2/c31-26(27-18-21-9-6-16-32-21)24-22-10-4-5-11-23(22)25(29-28-24)30-14-12-20(13-15-30)17-19-7-2-1-3-8-19/h1-5,7-8,10-11,20-21H,6,9,12-18H2,(H,27,31). The number of amides is 1. The number of benzene rings is 2. The van der Waals surface area contributed by atoms with E-state index < -0.39 is 0 Å². The second-order valence-corrected chi connectivity index (χ2v) is 8.88. The van der Waals surface area contributed by atoms with E-state index in [9.17, 15) is 4.79 Å². The molecule has 6 heteroatoms. The summed E-state index contributed by atoms with van der Waals surface area (Å²) >= 11 is 0. The van der Waals surface area contributed by atoms with Gasteiger partial charge in [-0.05, 0) is 43.6 Å². The van der Waals surface area contributed by atoms with Gasteiger partial charge in [0.1, 0.15) is 0 Å². The zero-order chi connectivity index (χ0) is 21.8. The lowest BCUT2D eigenvalue weighted by Crippen LogP contribution is -2.36. The number of ether oxygens (including phenoxy) is 1. The SMILES string of the molecule is O=C(NCC1CCCO1)c1nnc(N2CCC(Cc3ccccc3)CC2)c2ccccc12. The molecule has 2 saturated heterocycles. The summed E-state index contributed by atoms with van der Waals surface area (Å²) in [4.78, 5) is 15.2. The lowest BCUT2D eigenvalue weighted by Gasteiger charge is -2.33. The van der Waals surface area contributed by atoms with Crippen LogP contribution in [0.25, 0.3) is 10.8 Å². The summed E-state index contributed by atoms with van der Waals surface area (Å²) in [6.45, 7) is 3.22. The maximum atomic E-state index is 12.8. The Balaban J connectivity index is 1.29. The van der Waals surface area contributed by atoms with Crippen LogP contribution in [0.4, 0.5) is 5.82 Å². The highest BCUT2D eigenvalue weighted by Crippen LogP contribution is 2.30. The van der Waals surface area contributed by atoms with Crippen molar-refractivity contribution in [3.63, 3.8) is 0 Å². The molecule has 5 rings (SSSR count). The van der Waals surface area contributed by atoms with Gasteiger partial charge in [0.25, 0.3) is 5.91 Å². The fourth-order valence-corrected chi connectivity index (χ4v) is 4.88. The Bertz CT molecular complexity index is 1060. The van der Waals surface area contributed by atoms with Crippen molar-refractivity contribution in [1.29, 1.82) is 0 Å². The molecule has 0 bridgehead atoms. The van der Waals surface area contributed by atoms with Crippen molar-refractivity contribution in [2.45, 2.75) is 38.2 Å². The van der Waals surface area contributed by atoms with Gasteiger partial charge in [-0.15, -0.1) is 10.2 Å². The topological polar surface area (TPSA) is 67.3 Å². The number of hydrogen-bond donors (Lipinski definition) is 1. The van der Waals surface area contributed by atoms with Crippen LogP contribution in [0, 0.1) is 5.92 Å². The molecule has 0 aliphatic carbocycles. The number of anilines is 1. The molecule has 3 heterocycles. The Hall–Kier alpha value is -2.99. The molecule has 0 radical (unpaired) electrons. The minimum absolute atomic E-state index is 0.106. The quantitative estimate of drug-likeness (QED) is 0.640. The summed E-state index contributed by atoms with van der Waals surface area (Å²) in [7, 11) is 0. The monoisotopic (exact) mass is 430 g/mol. The summed E-state index contributed by atoms with van der Waals surface area (Å²) in [6.07, 6.45) is 5.55. The Labute approximate surface area is 189 Å². The number of aromatic nitrogens is 2. The summed E-state index contributed by atoms with van der Waals surface area (Å²) in [5, 5.41) is 13.7. The van der Waals surface area contributed by atoms with Crippen molar-refractivity contribution in [2.75, 3.05) is 31.1 Å². The first-order valence-corrected chi connectivity index (χ1v) is 11.7. The Kier molecular flexibility index (Phi) is 6.30. The minimum atomic E-state index is -0.183. The number of carbonyl (C=O) groups is 1. The van der Waals surface area contributed by atoms with Crippen LogP contribution in [0.1, 0.15) is 41.7 Å². The molecule has 1 atom stereocenters. The zero-order valence-corrected chi connectivity index (χ0v) is 18.4. The van der Waals surface area contributed by atoms with Crippen LogP contribution in [0.15, 0.2) is 54.6 Å². The lowest BCUT2D eigenvalue weighted by molar-refractivity contribution is 0.0854. The molecule has 166 valence electrons. The van der Waals surface area contributed by atoms with Gasteiger partial charge in [-0.1, -0.05) is 54.6 Å². The van der Waals surface area contributed by atoms with E-state index in [0.717, 1.165) is 68.4 Å². The number of fused-ring (bicyclic) bond motifs is 1. The van der Waals surface area contributed by atoms with Crippen molar-refractivity contribution in [3.05, 3.63) is 65.9 Å². The van der Waals surface area contributed by atoms with E-state index in [1.165, 1.54) is 5.56 Å². The van der Waals surface area contributed by atoms with E-state index in [0.29, 0.717) is 18.2 Å². The zero-order valence-electron chi connectivity index (χ0n) is 18.4. The number of rotatable bonds is 6. The average molecular weight is 431 g/mol. The molecule has 0 saturated carbocycles. The van der Waals surface area contributed by atoms with Gasteiger partial charge in [0.2, 0.25) is 0 Å². The number of carbonyl (C=O) groups excluding carboxylic acids is 1. The fraction of sp³-hybridized carbons (Fsp3) is 0.423. The molecular weight excluding hydrogens is 400 g/mol. The van der Waals surface area contributed by atoms with E-state index >= 15 is 0 Å². The van der Waals surface area contributed by atoms with E-state index in [-0.39, 0.29) is 12.0 Å². The molecule has 2 aliphatic rings. The van der Waals surface area contributed by atoms with Gasteiger partial charge in [-0.25, -0.2) is 0 Å². The molecule has 1 N–H and O–H groups in total. The molecule has 6 nitrogen and oxygen atoms in total. The van der Waals surface area contributed by atoms with Gasteiger partial charge in [0.15, 0.2) is 11.5 Å². The highest BCUT2D eigenvalue weighted by atomic mass is 16.5. The fourth-order valence-electron chi connectivity index (χ4n) is 4.88. The van der Waals surface area contributed by atoms with E-state index in [4.69, 9.17) is 4.74 Å². The summed E-state index contributed by atoms with van der Waals surface area (Å²) in [5.41, 5.74) is 1.80. The van der Waals surface area contributed by atoms with Crippen LogP contribution >= 0.6 is 0 Å². The van der Waals surface area contributed by atoms with Crippen molar-refractivity contribution >= 4 is 22.5 Å². The molecule has 2 fully saturated rings. The van der Waals surface area contributed by atoms with Crippen LogP contribution in [-0.4, -0.2) is 48.4 Å². The first-order chi connectivity index (χ1) is 15.8. The highest BCUT2D eigenvalue weighted by molar-refractivity contribution is 6.07. The summed E-state index contributed by atoms with van der Waals surface area (Å²) < 4.78 is 5.61. The number of nitrogens with zero attached hydrogens (tertiary/aromatic N) is 3. The van der Waals surface area contributed by atoms with Gasteiger partial charge in [0, 0.05) is 37.0 Å². The summed E-state index contributed by atoms with van der Waals surface area (Å²) in [5.74, 6) is 1.39. The van der Waals surface area contributed by atoms with E-state index in [1.54, 1.807) is 0 Å². The largest absolute Gasteiger partial charge is 0.376 e. The second-order valence-electron chi connectivity index (χ2n) is 8.88. The number of nitrogens with one attached hydrogen (secondary N) is 1. The first-order valence-electron chi connectivity index (χ1n) is 11.7. The van der Waals surface area contributed by atoms with Crippen LogP contribution < -0.4 is 10.2 Å². The van der Waals surface area contributed by atoms with Crippen molar-refractivity contribution in [2.24, 2.45) is 5.92 Å². The molecule has 1 aromatic heterocycles. The van der Waals surface area contributed by atoms with Crippen LogP contribution in [0.3, 0.4) is 0 Å². The van der Waals surface area contributed by atoms with Crippen molar-refractivity contribution in [1.82, 2.24) is 15.5 Å². The molecule has 2 aliphatic heterocycles. The predicted molar refractivity (Wildman–Crippen MR) is 126 cm³/mol. The Morgan fingerprint density at radius 2 is 1.72 bits per heavy atom. The molecule has 0 spiro atoms. The van der Waals surface area contributed by atoms with Gasteiger partial charge in [-0.3, -0.25) is 4.79 Å². The minimum Gasteiger partial charge on any atom is -0.376 e. The molecular formula is C26H30N4O2. The third-order valence-electron chi connectivity index (χ3n) is 6.68. The Morgan fingerprint density at radius 3 is 2.47 bits per heavy atom. The predicted octanol–water partition coefficient (Wildman–Crippen LogP) is 4.00. The van der Waals surface area contributed by atoms with Gasteiger partial charge < -0.3 is 15.0 Å². The lowest BCUT2D eigenvalue weighted by atomic mass is 9.90. The molecule has 2 aromatic carbocycles. The van der Waals surface area contributed by atoms with Crippen LogP contribution in [0.2, 0.25) is 0 Å². The maximum absolute atomic E-state index is 12.8. The molecule has 1 unspecified atom stereocenters. The van der Waals surface area contributed by atoms with Crippen molar-refractivity contribution in [3.8, 4) is 0 Å². The van der Waals surface area contributed by atoms with E-state index in [2.05, 4.69) is 50.7 Å². The normalized spacial score (nSPS) is 19.4. The molecule has 32 heavy (non-hydrogen) atoms. The average Bonchev–Trinajstić information content (AvgIpc) is 3.37. The van der Waals surface area contributed by atoms with Gasteiger partial charge in [-0.2, -0.15) is 0 Å². The molecule has 3 aromatic rings. The van der Waals surface area contributed by atoms with Gasteiger partial charge >= 0.3 is 0 Å². The van der Waals surface area contributed by atoms with Crippen molar-refractivity contribution < 1.29 is 9.53 Å². The second kappa shape index (κ2) is 9.65. The van der Waals surface area contributed by atoms with Gasteiger partial charge in [0.05, 0.1) is 6.10 Å². The number of hydrogen-bond acceptors (Lipinski definition) is 5. The smallest absolute Gasteiger partial charge is 0.272 e. The third-order valence-corrected chi connectivity index (χ3v) is 6.68. The Morgan fingerprint density at radius 1 is 0.969 bits per heavy atom. The van der Waals surface area contributed by atoms with E-state index in [1.807, 2.05) is 24.3 Å². The third kappa shape index (κ3) is 4.60. The van der Waals surface area contributed by atoms with Crippen LogP contribution in [-0.2, 0) is 11.2 Å². The maximum Gasteiger partial charge on any atom is 0.272 e. The highest BCUT2D eigenvalue weighted by Gasteiger charge is 2.24. The first kappa shape index (κ1) is 20.9. The van der Waals surface area contributed by atoms with Crippen LogP contribution in [0.5, 0.6) is 0 Å².